The van der Waals surface area contributed by atoms with Crippen molar-refractivity contribution in [3.63, 3.8) is 0 Å². The van der Waals surface area contributed by atoms with E-state index in [2.05, 4.69) is 10.1 Å². The average molecular weight is 174 g/mol. The molecule has 13 heavy (non-hydrogen) atoms. The van der Waals surface area contributed by atoms with Crippen LogP contribution in [-0.2, 0) is 0 Å². The van der Waals surface area contributed by atoms with Crippen LogP contribution in [0.1, 0.15) is 5.56 Å². The lowest BCUT2D eigenvalue weighted by Crippen LogP contribution is -1.96. The summed E-state index contributed by atoms with van der Waals surface area (Å²) in [6.45, 7) is 1.99. The van der Waals surface area contributed by atoms with Gasteiger partial charge < -0.3 is 5.73 Å². The van der Waals surface area contributed by atoms with Crippen LogP contribution < -0.4 is 5.73 Å². The number of aromatic nitrogens is 3. The van der Waals surface area contributed by atoms with Gasteiger partial charge in [-0.25, -0.2) is 4.68 Å². The molecule has 4 nitrogen and oxygen atoms in total. The molecule has 0 spiro atoms. The molecule has 0 atom stereocenters. The van der Waals surface area contributed by atoms with Gasteiger partial charge in [0.2, 0.25) is 0 Å². The SMILES string of the molecule is Cc1cnn(-c2cncc(N)c2)c1. The molecule has 0 aromatic carbocycles. The zero-order valence-electron chi connectivity index (χ0n) is 7.31. The van der Waals surface area contributed by atoms with Gasteiger partial charge in [-0.2, -0.15) is 5.10 Å². The second-order valence-electron chi connectivity index (χ2n) is 2.94. The molecule has 0 aliphatic rings. The van der Waals surface area contributed by atoms with Gasteiger partial charge in [-0.15, -0.1) is 0 Å². The van der Waals surface area contributed by atoms with E-state index in [1.807, 2.05) is 19.2 Å². The topological polar surface area (TPSA) is 56.7 Å². The highest BCUT2D eigenvalue weighted by atomic mass is 15.3. The molecular formula is C9H10N4. The van der Waals surface area contributed by atoms with E-state index in [1.165, 1.54) is 0 Å². The molecule has 0 amide bonds. The summed E-state index contributed by atoms with van der Waals surface area (Å²) in [4.78, 5) is 3.98. The molecule has 0 saturated heterocycles. The Morgan fingerprint density at radius 2 is 2.15 bits per heavy atom. The quantitative estimate of drug-likeness (QED) is 0.705. The van der Waals surface area contributed by atoms with Gasteiger partial charge in [0, 0.05) is 12.4 Å². The summed E-state index contributed by atoms with van der Waals surface area (Å²) in [5.41, 5.74) is 8.24. The second-order valence-corrected chi connectivity index (χ2v) is 2.94. The number of hydrogen-bond acceptors (Lipinski definition) is 3. The summed E-state index contributed by atoms with van der Waals surface area (Å²) < 4.78 is 1.75. The fourth-order valence-corrected chi connectivity index (χ4v) is 1.12. The van der Waals surface area contributed by atoms with Crippen LogP contribution in [-0.4, -0.2) is 14.8 Å². The van der Waals surface area contributed by atoms with E-state index in [0.29, 0.717) is 5.69 Å². The lowest BCUT2D eigenvalue weighted by Gasteiger charge is -2.00. The monoisotopic (exact) mass is 174 g/mol. The Morgan fingerprint density at radius 3 is 2.77 bits per heavy atom. The van der Waals surface area contributed by atoms with Crippen LogP contribution in [0.2, 0.25) is 0 Å². The van der Waals surface area contributed by atoms with Crippen LogP contribution in [0, 0.1) is 6.92 Å². The van der Waals surface area contributed by atoms with E-state index in [0.717, 1.165) is 11.3 Å². The van der Waals surface area contributed by atoms with E-state index < -0.39 is 0 Å². The van der Waals surface area contributed by atoms with Gasteiger partial charge in [0.05, 0.1) is 23.8 Å². The van der Waals surface area contributed by atoms with Crippen molar-refractivity contribution in [2.45, 2.75) is 6.92 Å². The first-order valence-corrected chi connectivity index (χ1v) is 3.98. The Hall–Kier alpha value is -1.84. The highest BCUT2D eigenvalue weighted by Crippen LogP contribution is 2.09. The van der Waals surface area contributed by atoms with Crippen molar-refractivity contribution in [1.29, 1.82) is 0 Å². The summed E-state index contributed by atoms with van der Waals surface area (Å²) in [5.74, 6) is 0. The van der Waals surface area contributed by atoms with Crippen LogP contribution in [0.15, 0.2) is 30.9 Å². The van der Waals surface area contributed by atoms with Crippen LogP contribution >= 0.6 is 0 Å². The Morgan fingerprint density at radius 1 is 1.31 bits per heavy atom. The molecule has 0 fully saturated rings. The van der Waals surface area contributed by atoms with Gasteiger partial charge in [0.15, 0.2) is 0 Å². The molecule has 66 valence electrons. The molecule has 0 saturated carbocycles. The molecule has 0 radical (unpaired) electrons. The third-order valence-electron chi connectivity index (χ3n) is 1.72. The van der Waals surface area contributed by atoms with E-state index in [4.69, 9.17) is 5.73 Å². The molecule has 2 rings (SSSR count). The van der Waals surface area contributed by atoms with Crippen LogP contribution in [0.4, 0.5) is 5.69 Å². The van der Waals surface area contributed by atoms with E-state index in [-0.39, 0.29) is 0 Å². The minimum atomic E-state index is 0.644. The Labute approximate surface area is 76.0 Å². The Balaban J connectivity index is 2.46. The van der Waals surface area contributed by atoms with E-state index in [1.54, 1.807) is 23.3 Å². The van der Waals surface area contributed by atoms with Gasteiger partial charge in [-0.3, -0.25) is 4.98 Å². The number of nitrogens with zero attached hydrogens (tertiary/aromatic N) is 3. The third-order valence-corrected chi connectivity index (χ3v) is 1.72. The number of anilines is 1. The molecule has 2 aromatic heterocycles. The molecule has 4 heteroatoms. The maximum Gasteiger partial charge on any atom is 0.0849 e. The normalized spacial score (nSPS) is 10.2. The molecule has 0 bridgehead atoms. The molecule has 0 unspecified atom stereocenters. The van der Waals surface area contributed by atoms with Crippen LogP contribution in [0.3, 0.4) is 0 Å². The fourth-order valence-electron chi connectivity index (χ4n) is 1.12. The van der Waals surface area contributed by atoms with Gasteiger partial charge in [-0.05, 0) is 18.6 Å². The van der Waals surface area contributed by atoms with E-state index >= 15 is 0 Å². The first-order valence-electron chi connectivity index (χ1n) is 3.98. The second kappa shape index (κ2) is 2.90. The lowest BCUT2D eigenvalue weighted by molar-refractivity contribution is 0.874. The standard InChI is InChI=1S/C9H10N4/c1-7-3-12-13(6-7)9-2-8(10)4-11-5-9/h2-6H,10H2,1H3. The van der Waals surface area contributed by atoms with Crippen molar-refractivity contribution in [3.05, 3.63) is 36.4 Å². The smallest absolute Gasteiger partial charge is 0.0849 e. The summed E-state index contributed by atoms with van der Waals surface area (Å²) in [7, 11) is 0. The first-order chi connectivity index (χ1) is 6.25. The van der Waals surface area contributed by atoms with Gasteiger partial charge in [0.25, 0.3) is 0 Å². The molecule has 2 aromatic rings. The van der Waals surface area contributed by atoms with Crippen molar-refractivity contribution >= 4 is 5.69 Å². The minimum Gasteiger partial charge on any atom is -0.397 e. The number of hydrogen-bond donors (Lipinski definition) is 1. The molecular weight excluding hydrogens is 164 g/mol. The summed E-state index contributed by atoms with van der Waals surface area (Å²) in [6, 6.07) is 1.83. The summed E-state index contributed by atoms with van der Waals surface area (Å²) in [6.07, 6.45) is 7.06. The number of rotatable bonds is 1. The maximum atomic E-state index is 5.60. The highest BCUT2D eigenvalue weighted by molar-refractivity contribution is 5.43. The number of pyridine rings is 1. The largest absolute Gasteiger partial charge is 0.397 e. The van der Waals surface area contributed by atoms with Gasteiger partial charge in [-0.1, -0.05) is 0 Å². The van der Waals surface area contributed by atoms with Crippen molar-refractivity contribution < 1.29 is 0 Å². The van der Waals surface area contributed by atoms with Gasteiger partial charge >= 0.3 is 0 Å². The Bertz CT molecular complexity index is 419. The fraction of sp³-hybridized carbons (Fsp3) is 0.111. The van der Waals surface area contributed by atoms with Crippen molar-refractivity contribution in [2.75, 3.05) is 5.73 Å². The van der Waals surface area contributed by atoms with E-state index in [9.17, 15) is 0 Å². The van der Waals surface area contributed by atoms with Crippen molar-refractivity contribution in [2.24, 2.45) is 0 Å². The molecule has 0 aliphatic heterocycles. The number of aryl methyl sites for hydroxylation is 1. The number of nitrogen functional groups attached to an aromatic ring is 1. The summed E-state index contributed by atoms with van der Waals surface area (Å²) in [5, 5.41) is 4.15. The summed E-state index contributed by atoms with van der Waals surface area (Å²) >= 11 is 0. The van der Waals surface area contributed by atoms with Crippen molar-refractivity contribution in [3.8, 4) is 5.69 Å². The zero-order chi connectivity index (χ0) is 9.26. The highest BCUT2D eigenvalue weighted by Gasteiger charge is 1.97. The van der Waals surface area contributed by atoms with Crippen LogP contribution in [0.5, 0.6) is 0 Å². The first kappa shape index (κ1) is 7.79. The van der Waals surface area contributed by atoms with Crippen molar-refractivity contribution in [1.82, 2.24) is 14.8 Å². The molecule has 2 N–H and O–H groups in total. The minimum absolute atomic E-state index is 0.644. The Kier molecular flexibility index (Phi) is 1.73. The predicted molar refractivity (Wildman–Crippen MR) is 50.5 cm³/mol. The number of nitrogens with two attached hydrogens (primary N) is 1. The lowest BCUT2D eigenvalue weighted by atomic mass is 10.4. The molecule has 2 heterocycles. The van der Waals surface area contributed by atoms with Gasteiger partial charge in [0.1, 0.15) is 0 Å². The third kappa shape index (κ3) is 1.51. The predicted octanol–water partition coefficient (Wildman–Crippen LogP) is 1.16. The van der Waals surface area contributed by atoms with Crippen LogP contribution in [0.25, 0.3) is 5.69 Å². The zero-order valence-corrected chi connectivity index (χ0v) is 7.31. The average Bonchev–Trinajstić information content (AvgIpc) is 2.52. The molecule has 0 aliphatic carbocycles. The maximum absolute atomic E-state index is 5.60.